The van der Waals surface area contributed by atoms with Crippen LogP contribution in [-0.2, 0) is 16.1 Å². The van der Waals surface area contributed by atoms with Crippen LogP contribution < -0.4 is 15.1 Å². The van der Waals surface area contributed by atoms with Crippen LogP contribution in [0.1, 0.15) is 21.5 Å². The molecule has 0 bridgehead atoms. The normalized spacial score (nSPS) is 15.1. The van der Waals surface area contributed by atoms with Crippen LogP contribution in [0.25, 0.3) is 0 Å². The van der Waals surface area contributed by atoms with Crippen LogP contribution in [0.15, 0.2) is 48.5 Å². The van der Waals surface area contributed by atoms with Gasteiger partial charge in [-0.1, -0.05) is 29.8 Å². The summed E-state index contributed by atoms with van der Waals surface area (Å²) in [4.78, 5) is 51.8. The first-order valence-electron chi connectivity index (χ1n) is 9.20. The number of benzene rings is 2. The molecular weight excluding hydrogens is 372 g/mol. The van der Waals surface area contributed by atoms with Gasteiger partial charge in [0.15, 0.2) is 6.67 Å². The lowest BCUT2D eigenvalue weighted by Gasteiger charge is -2.20. The summed E-state index contributed by atoms with van der Waals surface area (Å²) in [7, 11) is 3.39. The van der Waals surface area contributed by atoms with Gasteiger partial charge >= 0.3 is 17.8 Å². The Hall–Kier alpha value is -3.52. The number of hydrogen-bond donors (Lipinski definition) is 2. The number of nitrogens with one attached hydrogen (secondary N) is 2. The summed E-state index contributed by atoms with van der Waals surface area (Å²) >= 11 is 0. The highest BCUT2D eigenvalue weighted by Gasteiger charge is 2.46. The van der Waals surface area contributed by atoms with E-state index in [9.17, 15) is 19.2 Å². The molecule has 0 aliphatic carbocycles. The summed E-state index contributed by atoms with van der Waals surface area (Å²) in [6.07, 6.45) is 0. The van der Waals surface area contributed by atoms with Crippen molar-refractivity contribution in [1.29, 1.82) is 0 Å². The third-order valence-electron chi connectivity index (χ3n) is 4.72. The van der Waals surface area contributed by atoms with E-state index in [0.29, 0.717) is 17.8 Å². The third kappa shape index (κ3) is 4.17. The van der Waals surface area contributed by atoms with Gasteiger partial charge < -0.3 is 10.2 Å². The molecule has 1 heterocycles. The molecule has 0 radical (unpaired) electrons. The Morgan fingerprint density at radius 2 is 1.59 bits per heavy atom. The first-order chi connectivity index (χ1) is 13.8. The van der Waals surface area contributed by atoms with Crippen LogP contribution >= 0.6 is 0 Å². The predicted octanol–water partition coefficient (Wildman–Crippen LogP) is 0.322. The molecule has 2 aromatic rings. The van der Waals surface area contributed by atoms with Crippen LogP contribution in [0.2, 0.25) is 0 Å². The van der Waals surface area contributed by atoms with Crippen LogP contribution in [-0.4, -0.2) is 49.4 Å². The number of nitrogens with zero attached hydrogens (tertiary/aromatic N) is 2. The zero-order chi connectivity index (χ0) is 21.1. The van der Waals surface area contributed by atoms with Gasteiger partial charge in [-0.15, -0.1) is 0 Å². The molecule has 1 unspecified atom stereocenters. The van der Waals surface area contributed by atoms with Crippen molar-refractivity contribution in [3.63, 3.8) is 0 Å². The van der Waals surface area contributed by atoms with Crippen molar-refractivity contribution < 1.29 is 24.1 Å². The first kappa shape index (κ1) is 20.2. The summed E-state index contributed by atoms with van der Waals surface area (Å²) in [5.74, 6) is -1.84. The van der Waals surface area contributed by atoms with Gasteiger partial charge in [-0.25, -0.2) is 14.6 Å². The van der Waals surface area contributed by atoms with E-state index >= 15 is 0 Å². The van der Waals surface area contributed by atoms with E-state index in [1.807, 2.05) is 26.1 Å². The number of imide groups is 2. The Bertz CT molecular complexity index is 954. The Morgan fingerprint density at radius 1 is 0.966 bits per heavy atom. The molecule has 1 aliphatic rings. The number of carbonyl (C=O) groups excluding carboxylic acids is 4. The van der Waals surface area contributed by atoms with E-state index in [4.69, 9.17) is 0 Å². The van der Waals surface area contributed by atoms with Crippen molar-refractivity contribution in [3.05, 3.63) is 65.2 Å². The van der Waals surface area contributed by atoms with E-state index in [0.717, 1.165) is 25.8 Å². The van der Waals surface area contributed by atoms with Crippen molar-refractivity contribution >= 4 is 29.4 Å². The molecule has 1 atom stereocenters. The van der Waals surface area contributed by atoms with E-state index in [1.165, 1.54) is 0 Å². The highest BCUT2D eigenvalue weighted by atomic mass is 16.2. The van der Waals surface area contributed by atoms with Crippen LogP contribution in [0.5, 0.6) is 0 Å². The van der Waals surface area contributed by atoms with Gasteiger partial charge in [0.25, 0.3) is 5.91 Å². The van der Waals surface area contributed by atoms with Crippen LogP contribution in [0.3, 0.4) is 0 Å². The summed E-state index contributed by atoms with van der Waals surface area (Å²) in [6.45, 7) is 2.47. The highest BCUT2D eigenvalue weighted by Crippen LogP contribution is 2.21. The summed E-state index contributed by atoms with van der Waals surface area (Å²) in [6, 6.07) is 13.3. The SMILES string of the molecule is CNC(=O)c1ccc(C[NH+](C)CN2C(=O)C(=O)N(c3ccc(C)cc3)C2=O)cc1. The number of anilines is 1. The molecule has 8 nitrogen and oxygen atoms in total. The molecule has 0 spiro atoms. The van der Waals surface area contributed by atoms with Gasteiger partial charge in [-0.05, 0) is 31.2 Å². The Balaban J connectivity index is 1.68. The second-order valence-electron chi connectivity index (χ2n) is 7.06. The summed E-state index contributed by atoms with van der Waals surface area (Å²) in [5, 5.41) is 2.56. The van der Waals surface area contributed by atoms with Crippen molar-refractivity contribution in [3.8, 4) is 0 Å². The number of carbonyl (C=O) groups is 4. The smallest absolute Gasteiger partial charge is 0.343 e. The molecule has 2 N–H and O–H groups in total. The largest absolute Gasteiger partial charge is 0.355 e. The molecule has 1 saturated heterocycles. The number of rotatable bonds is 6. The minimum absolute atomic E-state index is 0.0585. The summed E-state index contributed by atoms with van der Waals surface area (Å²) < 4.78 is 0. The van der Waals surface area contributed by atoms with Crippen LogP contribution in [0, 0.1) is 6.92 Å². The second kappa shape index (κ2) is 8.24. The Morgan fingerprint density at radius 3 is 2.17 bits per heavy atom. The molecule has 29 heavy (non-hydrogen) atoms. The number of aryl methyl sites for hydroxylation is 1. The van der Waals surface area contributed by atoms with Crippen molar-refractivity contribution in [2.24, 2.45) is 0 Å². The monoisotopic (exact) mass is 395 g/mol. The lowest BCUT2D eigenvalue weighted by Crippen LogP contribution is -3.09. The molecule has 1 fully saturated rings. The van der Waals surface area contributed by atoms with Crippen LogP contribution in [0.4, 0.5) is 10.5 Å². The maximum atomic E-state index is 12.7. The minimum Gasteiger partial charge on any atom is -0.355 e. The zero-order valence-corrected chi connectivity index (χ0v) is 16.6. The topological polar surface area (TPSA) is 91.2 Å². The fourth-order valence-corrected chi connectivity index (χ4v) is 3.16. The van der Waals surface area contributed by atoms with Crippen molar-refractivity contribution in [1.82, 2.24) is 10.2 Å². The van der Waals surface area contributed by atoms with Crippen molar-refractivity contribution in [2.45, 2.75) is 13.5 Å². The molecule has 8 heteroatoms. The Kier molecular flexibility index (Phi) is 5.74. The highest BCUT2D eigenvalue weighted by molar-refractivity contribution is 6.52. The molecule has 2 aromatic carbocycles. The standard InChI is InChI=1S/C21H22N4O4/c1-14-4-10-17(11-5-14)25-20(28)19(27)24(21(25)29)13-23(3)12-15-6-8-16(9-7-15)18(26)22-2/h4-11H,12-13H2,1-3H3,(H,22,26)/p+1. The molecule has 0 aromatic heterocycles. The van der Waals surface area contributed by atoms with Gasteiger partial charge in [-0.3, -0.25) is 14.4 Å². The molecule has 3 rings (SSSR count). The van der Waals surface area contributed by atoms with Crippen molar-refractivity contribution in [2.75, 3.05) is 25.7 Å². The van der Waals surface area contributed by atoms with E-state index in [-0.39, 0.29) is 12.6 Å². The average Bonchev–Trinajstić information content (AvgIpc) is 2.92. The minimum atomic E-state index is -0.846. The molecule has 0 saturated carbocycles. The quantitative estimate of drug-likeness (QED) is 0.545. The van der Waals surface area contributed by atoms with E-state index in [2.05, 4.69) is 5.32 Å². The summed E-state index contributed by atoms with van der Waals surface area (Å²) in [5.41, 5.74) is 2.86. The third-order valence-corrected chi connectivity index (χ3v) is 4.72. The maximum Gasteiger partial charge on any atom is 0.343 e. The Labute approximate surface area is 168 Å². The molecular formula is C21H23N4O4+. The lowest BCUT2D eigenvalue weighted by molar-refractivity contribution is -0.901. The van der Waals surface area contributed by atoms with Gasteiger partial charge in [0, 0.05) is 18.2 Å². The molecule has 150 valence electrons. The predicted molar refractivity (Wildman–Crippen MR) is 106 cm³/mol. The second-order valence-corrected chi connectivity index (χ2v) is 7.06. The maximum absolute atomic E-state index is 12.7. The number of hydrogen-bond acceptors (Lipinski definition) is 4. The zero-order valence-electron chi connectivity index (χ0n) is 16.6. The lowest BCUT2D eigenvalue weighted by atomic mass is 10.1. The average molecular weight is 395 g/mol. The van der Waals surface area contributed by atoms with E-state index in [1.54, 1.807) is 43.4 Å². The fraction of sp³-hybridized carbons (Fsp3) is 0.238. The van der Waals surface area contributed by atoms with Gasteiger partial charge in [-0.2, -0.15) is 0 Å². The number of quaternary nitrogens is 1. The fourth-order valence-electron chi connectivity index (χ4n) is 3.16. The first-order valence-corrected chi connectivity index (χ1v) is 9.20. The molecule has 1 aliphatic heterocycles. The number of urea groups is 1. The molecule has 5 amide bonds. The number of amides is 5. The van der Waals surface area contributed by atoms with Gasteiger partial charge in [0.2, 0.25) is 0 Å². The van der Waals surface area contributed by atoms with Gasteiger partial charge in [0.05, 0.1) is 12.7 Å². The van der Waals surface area contributed by atoms with E-state index < -0.39 is 17.8 Å². The van der Waals surface area contributed by atoms with Gasteiger partial charge in [0.1, 0.15) is 6.54 Å².